The SMILES string of the molecule is CCC(C)(CC)Nc1ccc(F)cc1S(=O)(=O)C(F)(F)F. The molecule has 0 saturated carbocycles. The van der Waals surface area contributed by atoms with E-state index in [0.717, 1.165) is 12.1 Å². The second kappa shape index (κ2) is 5.82. The Labute approximate surface area is 121 Å². The van der Waals surface area contributed by atoms with Gasteiger partial charge >= 0.3 is 5.51 Å². The molecule has 0 atom stereocenters. The van der Waals surface area contributed by atoms with Crippen molar-refractivity contribution < 1.29 is 26.0 Å². The Hall–Kier alpha value is -1.31. The van der Waals surface area contributed by atoms with Gasteiger partial charge in [0.05, 0.1) is 5.69 Å². The third-order valence-corrected chi connectivity index (χ3v) is 5.06. The molecule has 0 aliphatic heterocycles. The molecule has 1 N–H and O–H groups in total. The summed E-state index contributed by atoms with van der Waals surface area (Å²) in [6.07, 6.45) is 1.12. The van der Waals surface area contributed by atoms with Crippen molar-refractivity contribution in [1.82, 2.24) is 0 Å². The molecule has 0 heterocycles. The Balaban J connectivity index is 3.44. The first kappa shape index (κ1) is 17.7. The number of anilines is 1. The van der Waals surface area contributed by atoms with Gasteiger partial charge in [-0.15, -0.1) is 0 Å². The maximum Gasteiger partial charge on any atom is 0.501 e. The van der Waals surface area contributed by atoms with Crippen LogP contribution in [0.4, 0.5) is 23.2 Å². The van der Waals surface area contributed by atoms with Gasteiger partial charge in [-0.3, -0.25) is 0 Å². The number of nitrogens with one attached hydrogen (secondary N) is 1. The molecule has 21 heavy (non-hydrogen) atoms. The van der Waals surface area contributed by atoms with Gasteiger partial charge in [0.15, 0.2) is 0 Å². The van der Waals surface area contributed by atoms with Crippen LogP contribution in [0.5, 0.6) is 0 Å². The molecule has 0 aromatic heterocycles. The maximum absolute atomic E-state index is 13.2. The predicted molar refractivity (Wildman–Crippen MR) is 72.3 cm³/mol. The van der Waals surface area contributed by atoms with Crippen LogP contribution in [0, 0.1) is 5.82 Å². The highest BCUT2D eigenvalue weighted by atomic mass is 32.2. The Morgan fingerprint density at radius 1 is 1.14 bits per heavy atom. The summed E-state index contributed by atoms with van der Waals surface area (Å²) in [5.41, 5.74) is -6.32. The van der Waals surface area contributed by atoms with Crippen LogP contribution >= 0.6 is 0 Å². The van der Waals surface area contributed by atoms with Crippen molar-refractivity contribution in [3.05, 3.63) is 24.0 Å². The quantitative estimate of drug-likeness (QED) is 0.828. The molecule has 8 heteroatoms. The van der Waals surface area contributed by atoms with Crippen molar-refractivity contribution in [2.45, 2.75) is 49.6 Å². The van der Waals surface area contributed by atoms with Gasteiger partial charge in [-0.1, -0.05) is 13.8 Å². The first-order chi connectivity index (χ1) is 9.47. The summed E-state index contributed by atoms with van der Waals surface area (Å²) in [6, 6.07) is 2.32. The van der Waals surface area contributed by atoms with Crippen LogP contribution in [0.15, 0.2) is 23.1 Å². The van der Waals surface area contributed by atoms with E-state index in [1.807, 2.05) is 13.8 Å². The highest BCUT2D eigenvalue weighted by Crippen LogP contribution is 2.36. The van der Waals surface area contributed by atoms with Crippen LogP contribution in [0.1, 0.15) is 33.6 Å². The average Bonchev–Trinajstić information content (AvgIpc) is 2.39. The molecule has 0 aliphatic rings. The monoisotopic (exact) mass is 327 g/mol. The molecule has 1 rings (SSSR count). The van der Waals surface area contributed by atoms with E-state index in [1.165, 1.54) is 0 Å². The molecule has 0 unspecified atom stereocenters. The standard InChI is InChI=1S/C13H17F4NO2S/c1-4-12(3,5-2)18-10-7-6-9(14)8-11(10)21(19,20)13(15,16)17/h6-8,18H,4-5H2,1-3H3. The molecule has 0 bridgehead atoms. The van der Waals surface area contributed by atoms with Crippen LogP contribution in [0.3, 0.4) is 0 Å². The van der Waals surface area contributed by atoms with Gasteiger partial charge in [-0.2, -0.15) is 13.2 Å². The number of hydrogen-bond acceptors (Lipinski definition) is 3. The normalized spacial score (nSPS) is 13.3. The van der Waals surface area contributed by atoms with Crippen molar-refractivity contribution in [3.63, 3.8) is 0 Å². The summed E-state index contributed by atoms with van der Waals surface area (Å²) in [6.45, 7) is 5.39. The molecule has 0 radical (unpaired) electrons. The zero-order valence-corrected chi connectivity index (χ0v) is 12.7. The zero-order valence-electron chi connectivity index (χ0n) is 11.9. The number of rotatable bonds is 5. The molecule has 0 aliphatic carbocycles. The van der Waals surface area contributed by atoms with E-state index in [4.69, 9.17) is 0 Å². The first-order valence-electron chi connectivity index (χ1n) is 6.36. The summed E-state index contributed by atoms with van der Waals surface area (Å²) in [5.74, 6) is -1.04. The van der Waals surface area contributed by atoms with E-state index in [-0.39, 0.29) is 5.69 Å². The lowest BCUT2D eigenvalue weighted by Gasteiger charge is -2.30. The third-order valence-electron chi connectivity index (χ3n) is 3.53. The maximum atomic E-state index is 13.2. The topological polar surface area (TPSA) is 46.2 Å². The number of alkyl halides is 3. The van der Waals surface area contributed by atoms with Crippen molar-refractivity contribution in [2.75, 3.05) is 5.32 Å². The van der Waals surface area contributed by atoms with Crippen molar-refractivity contribution in [1.29, 1.82) is 0 Å². The first-order valence-corrected chi connectivity index (χ1v) is 7.84. The van der Waals surface area contributed by atoms with Crippen LogP contribution in [-0.4, -0.2) is 19.5 Å². The fraction of sp³-hybridized carbons (Fsp3) is 0.538. The van der Waals surface area contributed by atoms with Crippen molar-refractivity contribution in [2.24, 2.45) is 0 Å². The Morgan fingerprint density at radius 3 is 2.10 bits per heavy atom. The molecule has 0 fully saturated rings. The van der Waals surface area contributed by atoms with Gasteiger partial charge in [0.25, 0.3) is 9.84 Å². The highest BCUT2D eigenvalue weighted by molar-refractivity contribution is 7.92. The number of benzene rings is 1. The third kappa shape index (κ3) is 3.66. The van der Waals surface area contributed by atoms with Gasteiger partial charge in [-0.25, -0.2) is 12.8 Å². The summed E-state index contributed by atoms with van der Waals surface area (Å²) >= 11 is 0. The fourth-order valence-electron chi connectivity index (χ4n) is 1.70. The molecule has 0 spiro atoms. The molecule has 1 aromatic rings. The lowest BCUT2D eigenvalue weighted by atomic mass is 9.95. The van der Waals surface area contributed by atoms with Gasteiger partial charge in [0.2, 0.25) is 0 Å². The number of hydrogen-bond donors (Lipinski definition) is 1. The van der Waals surface area contributed by atoms with Crippen molar-refractivity contribution in [3.8, 4) is 0 Å². The minimum Gasteiger partial charge on any atom is -0.379 e. The van der Waals surface area contributed by atoms with Gasteiger partial charge in [0, 0.05) is 5.54 Å². The van der Waals surface area contributed by atoms with Gasteiger partial charge < -0.3 is 5.32 Å². The van der Waals surface area contributed by atoms with E-state index in [1.54, 1.807) is 6.92 Å². The molecule has 1 aromatic carbocycles. The smallest absolute Gasteiger partial charge is 0.379 e. The summed E-state index contributed by atoms with van der Waals surface area (Å²) in [5, 5.41) is 2.78. The van der Waals surface area contributed by atoms with Crippen LogP contribution in [0.25, 0.3) is 0 Å². The molecule has 0 saturated heterocycles. The summed E-state index contributed by atoms with van der Waals surface area (Å²) < 4.78 is 74.4. The van der Waals surface area contributed by atoms with E-state index in [2.05, 4.69) is 5.32 Å². The van der Waals surface area contributed by atoms with Crippen LogP contribution in [0.2, 0.25) is 0 Å². The molecular formula is C13H17F4NO2S. The van der Waals surface area contributed by atoms with Gasteiger partial charge in [-0.05, 0) is 38.0 Å². The largest absolute Gasteiger partial charge is 0.501 e. The number of sulfone groups is 1. The highest BCUT2D eigenvalue weighted by Gasteiger charge is 2.48. The number of halogens is 4. The second-order valence-electron chi connectivity index (χ2n) is 4.98. The fourth-order valence-corrected chi connectivity index (χ4v) is 2.62. The molecule has 3 nitrogen and oxygen atoms in total. The van der Waals surface area contributed by atoms with E-state index >= 15 is 0 Å². The molecule has 0 amide bonds. The van der Waals surface area contributed by atoms with E-state index in [9.17, 15) is 26.0 Å². The Bertz CT molecular complexity index is 607. The van der Waals surface area contributed by atoms with Crippen LogP contribution < -0.4 is 5.32 Å². The minimum atomic E-state index is -5.62. The van der Waals surface area contributed by atoms with E-state index < -0.39 is 31.6 Å². The zero-order chi connectivity index (χ0) is 16.5. The van der Waals surface area contributed by atoms with E-state index in [0.29, 0.717) is 18.9 Å². The molecular weight excluding hydrogens is 310 g/mol. The minimum absolute atomic E-state index is 0.250. The second-order valence-corrected chi connectivity index (χ2v) is 6.89. The predicted octanol–water partition coefficient (Wildman–Crippen LogP) is 4.11. The Kier molecular flexibility index (Phi) is 4.92. The molecule has 120 valence electrons. The summed E-state index contributed by atoms with van der Waals surface area (Å²) in [4.78, 5) is -1.09. The van der Waals surface area contributed by atoms with Crippen molar-refractivity contribution >= 4 is 15.5 Å². The lowest BCUT2D eigenvalue weighted by Crippen LogP contribution is -2.34. The van der Waals surface area contributed by atoms with Crippen LogP contribution in [-0.2, 0) is 9.84 Å². The lowest BCUT2D eigenvalue weighted by molar-refractivity contribution is -0.0435. The Morgan fingerprint density at radius 2 is 1.67 bits per heavy atom. The summed E-state index contributed by atoms with van der Waals surface area (Å²) in [7, 11) is -5.62. The van der Waals surface area contributed by atoms with Gasteiger partial charge in [0.1, 0.15) is 10.7 Å². The average molecular weight is 327 g/mol.